The summed E-state index contributed by atoms with van der Waals surface area (Å²) in [6.07, 6.45) is 6.34. The van der Waals surface area contributed by atoms with Crippen molar-refractivity contribution in [2.75, 3.05) is 17.1 Å². The Morgan fingerprint density at radius 1 is 0.972 bits per heavy atom. The molecule has 196 valence electrons. The number of nitrogens with one attached hydrogen (secondary N) is 1. The van der Waals surface area contributed by atoms with Gasteiger partial charge in [0.2, 0.25) is 21.8 Å². The van der Waals surface area contributed by atoms with Gasteiger partial charge in [0.25, 0.3) is 0 Å². The zero-order chi connectivity index (χ0) is 26.5. The molecule has 8 heteroatoms. The van der Waals surface area contributed by atoms with Crippen LogP contribution in [0.1, 0.15) is 61.3 Å². The first-order valence-corrected chi connectivity index (χ1v) is 14.5. The SMILES string of the molecule is Cc1ccc(CN(C(=O)CN(c2ccc(C)cc2C)S(C)(=O)=O)[C@@H](C)C(=O)NC2CCCCC2)cc1. The number of aryl methyl sites for hydroxylation is 3. The summed E-state index contributed by atoms with van der Waals surface area (Å²) in [6, 6.07) is 12.6. The predicted molar refractivity (Wildman–Crippen MR) is 144 cm³/mol. The molecule has 36 heavy (non-hydrogen) atoms. The summed E-state index contributed by atoms with van der Waals surface area (Å²) in [6.45, 7) is 7.30. The van der Waals surface area contributed by atoms with Crippen molar-refractivity contribution in [1.82, 2.24) is 10.2 Å². The molecule has 1 saturated carbocycles. The maximum atomic E-state index is 13.7. The second kappa shape index (κ2) is 11.9. The van der Waals surface area contributed by atoms with E-state index in [4.69, 9.17) is 0 Å². The van der Waals surface area contributed by atoms with E-state index in [9.17, 15) is 18.0 Å². The summed E-state index contributed by atoms with van der Waals surface area (Å²) < 4.78 is 26.7. The summed E-state index contributed by atoms with van der Waals surface area (Å²) in [4.78, 5) is 28.4. The minimum atomic E-state index is -3.74. The highest BCUT2D eigenvalue weighted by molar-refractivity contribution is 7.92. The summed E-state index contributed by atoms with van der Waals surface area (Å²) in [5, 5.41) is 3.11. The lowest BCUT2D eigenvalue weighted by Gasteiger charge is -2.33. The van der Waals surface area contributed by atoms with Gasteiger partial charge in [-0.3, -0.25) is 13.9 Å². The smallest absolute Gasteiger partial charge is 0.244 e. The van der Waals surface area contributed by atoms with Crippen molar-refractivity contribution in [1.29, 1.82) is 0 Å². The fourth-order valence-electron chi connectivity index (χ4n) is 4.72. The van der Waals surface area contributed by atoms with Crippen LogP contribution < -0.4 is 9.62 Å². The molecule has 2 amide bonds. The van der Waals surface area contributed by atoms with Gasteiger partial charge in [-0.2, -0.15) is 0 Å². The third kappa shape index (κ3) is 7.32. The quantitative estimate of drug-likeness (QED) is 0.543. The monoisotopic (exact) mass is 513 g/mol. The first kappa shape index (κ1) is 27.7. The topological polar surface area (TPSA) is 86.8 Å². The molecule has 0 spiro atoms. The van der Waals surface area contributed by atoms with Crippen LogP contribution in [-0.4, -0.2) is 50.0 Å². The van der Waals surface area contributed by atoms with E-state index in [2.05, 4.69) is 5.32 Å². The van der Waals surface area contributed by atoms with Crippen LogP contribution in [0.5, 0.6) is 0 Å². The van der Waals surface area contributed by atoms with Crippen LogP contribution >= 0.6 is 0 Å². The van der Waals surface area contributed by atoms with Crippen LogP contribution in [0, 0.1) is 20.8 Å². The number of nitrogens with zero attached hydrogens (tertiary/aromatic N) is 2. The maximum Gasteiger partial charge on any atom is 0.244 e. The van der Waals surface area contributed by atoms with Crippen LogP contribution in [0.25, 0.3) is 0 Å². The van der Waals surface area contributed by atoms with Crippen LogP contribution in [0.15, 0.2) is 42.5 Å². The molecule has 1 N–H and O–H groups in total. The molecule has 0 aliphatic heterocycles. The average Bonchev–Trinajstić information content (AvgIpc) is 2.82. The maximum absolute atomic E-state index is 13.7. The molecular formula is C28H39N3O4S. The minimum Gasteiger partial charge on any atom is -0.352 e. The molecular weight excluding hydrogens is 474 g/mol. The second-order valence-electron chi connectivity index (χ2n) is 10.1. The van der Waals surface area contributed by atoms with Crippen molar-refractivity contribution in [3.05, 3.63) is 64.7 Å². The van der Waals surface area contributed by atoms with Gasteiger partial charge in [-0.15, -0.1) is 0 Å². The fourth-order valence-corrected chi connectivity index (χ4v) is 5.63. The lowest BCUT2D eigenvalue weighted by molar-refractivity contribution is -0.139. The number of hydrogen-bond acceptors (Lipinski definition) is 4. The summed E-state index contributed by atoms with van der Waals surface area (Å²) in [5.41, 5.74) is 4.21. The molecule has 0 radical (unpaired) electrons. The largest absolute Gasteiger partial charge is 0.352 e. The lowest BCUT2D eigenvalue weighted by atomic mass is 9.95. The van der Waals surface area contributed by atoms with Crippen molar-refractivity contribution in [3.8, 4) is 0 Å². The predicted octanol–water partition coefficient (Wildman–Crippen LogP) is 4.24. The Morgan fingerprint density at radius 2 is 1.58 bits per heavy atom. The molecule has 0 heterocycles. The Kier molecular flexibility index (Phi) is 9.17. The van der Waals surface area contributed by atoms with Gasteiger partial charge in [0.15, 0.2) is 0 Å². The Hall–Kier alpha value is -2.87. The van der Waals surface area contributed by atoms with Crippen molar-refractivity contribution in [2.45, 2.75) is 78.4 Å². The van der Waals surface area contributed by atoms with E-state index < -0.39 is 22.0 Å². The van der Waals surface area contributed by atoms with Gasteiger partial charge in [-0.05, 0) is 57.7 Å². The minimum absolute atomic E-state index is 0.118. The zero-order valence-corrected chi connectivity index (χ0v) is 22.9. The molecule has 0 unspecified atom stereocenters. The third-order valence-corrected chi connectivity index (χ3v) is 8.02. The van der Waals surface area contributed by atoms with Gasteiger partial charge in [-0.25, -0.2) is 8.42 Å². The van der Waals surface area contributed by atoms with Gasteiger partial charge in [0.05, 0.1) is 11.9 Å². The Bertz CT molecular complexity index is 1170. The summed E-state index contributed by atoms with van der Waals surface area (Å²) >= 11 is 0. The molecule has 1 aliphatic carbocycles. The second-order valence-corrected chi connectivity index (χ2v) is 12.0. The van der Waals surface area contributed by atoms with E-state index in [0.29, 0.717) is 5.69 Å². The Balaban J connectivity index is 1.88. The highest BCUT2D eigenvalue weighted by Gasteiger charge is 2.31. The van der Waals surface area contributed by atoms with Crippen molar-refractivity contribution in [2.24, 2.45) is 0 Å². The van der Waals surface area contributed by atoms with E-state index in [1.54, 1.807) is 13.0 Å². The first-order valence-electron chi connectivity index (χ1n) is 12.7. The highest BCUT2D eigenvalue weighted by Crippen LogP contribution is 2.24. The van der Waals surface area contributed by atoms with Crippen LogP contribution in [-0.2, 0) is 26.2 Å². The van der Waals surface area contributed by atoms with Gasteiger partial charge in [-0.1, -0.05) is 66.8 Å². The molecule has 0 saturated heterocycles. The summed E-state index contributed by atoms with van der Waals surface area (Å²) in [5.74, 6) is -0.632. The third-order valence-electron chi connectivity index (χ3n) is 6.89. The van der Waals surface area contributed by atoms with E-state index in [0.717, 1.165) is 58.5 Å². The molecule has 7 nitrogen and oxygen atoms in total. The number of carbonyl (C=O) groups is 2. The number of sulfonamides is 1. The number of rotatable bonds is 9. The molecule has 2 aromatic carbocycles. The zero-order valence-electron chi connectivity index (χ0n) is 22.1. The standard InChI is InChI=1S/C28H39N3O4S/c1-20-11-14-24(15-12-20)18-30(23(4)28(33)29-25-9-7-6-8-10-25)27(32)19-31(36(5,34)35)26-16-13-21(2)17-22(26)3/h11-17,23,25H,6-10,18-19H2,1-5H3,(H,29,33)/t23-/m0/s1. The van der Waals surface area contributed by atoms with Crippen molar-refractivity contribution in [3.63, 3.8) is 0 Å². The number of carbonyl (C=O) groups excluding carboxylic acids is 2. The highest BCUT2D eigenvalue weighted by atomic mass is 32.2. The first-order chi connectivity index (χ1) is 17.0. The fraction of sp³-hybridized carbons (Fsp3) is 0.500. The number of amides is 2. The van der Waals surface area contributed by atoms with E-state index in [1.165, 1.54) is 11.3 Å². The molecule has 2 aromatic rings. The van der Waals surface area contributed by atoms with Crippen LogP contribution in [0.4, 0.5) is 5.69 Å². The molecule has 1 aliphatic rings. The summed E-state index contributed by atoms with van der Waals surface area (Å²) in [7, 11) is -3.74. The van der Waals surface area contributed by atoms with Gasteiger partial charge < -0.3 is 10.2 Å². The number of anilines is 1. The molecule has 1 fully saturated rings. The average molecular weight is 514 g/mol. The molecule has 0 aromatic heterocycles. The van der Waals surface area contributed by atoms with Crippen LogP contribution in [0.3, 0.4) is 0 Å². The Labute approximate surface area is 215 Å². The van der Waals surface area contributed by atoms with E-state index in [-0.39, 0.29) is 25.0 Å². The number of hydrogen-bond donors (Lipinski definition) is 1. The molecule has 3 rings (SSSR count). The van der Waals surface area contributed by atoms with E-state index >= 15 is 0 Å². The number of benzene rings is 2. The Morgan fingerprint density at radius 3 is 2.17 bits per heavy atom. The van der Waals surface area contributed by atoms with Gasteiger partial charge in [0.1, 0.15) is 12.6 Å². The molecule has 0 bridgehead atoms. The lowest BCUT2D eigenvalue weighted by Crippen LogP contribution is -2.53. The van der Waals surface area contributed by atoms with E-state index in [1.807, 2.05) is 57.2 Å². The van der Waals surface area contributed by atoms with Crippen LogP contribution in [0.2, 0.25) is 0 Å². The van der Waals surface area contributed by atoms with Crippen molar-refractivity contribution < 1.29 is 18.0 Å². The van der Waals surface area contributed by atoms with Gasteiger partial charge >= 0.3 is 0 Å². The van der Waals surface area contributed by atoms with Gasteiger partial charge in [0, 0.05) is 12.6 Å². The van der Waals surface area contributed by atoms with Crippen molar-refractivity contribution >= 4 is 27.5 Å². The normalized spacial score (nSPS) is 15.2. The molecule has 1 atom stereocenters.